The lowest BCUT2D eigenvalue weighted by atomic mass is 10.1. The van der Waals surface area contributed by atoms with Crippen LogP contribution < -0.4 is 5.32 Å². The van der Waals surface area contributed by atoms with Crippen LogP contribution in [0, 0.1) is 10.1 Å². The van der Waals surface area contributed by atoms with Gasteiger partial charge in [-0.15, -0.1) is 0 Å². The summed E-state index contributed by atoms with van der Waals surface area (Å²) in [5, 5.41) is 14.4. The second-order valence-corrected chi connectivity index (χ2v) is 6.52. The van der Waals surface area contributed by atoms with Gasteiger partial charge in [-0.3, -0.25) is 10.1 Å². The minimum absolute atomic E-state index is 0.108. The van der Waals surface area contributed by atoms with E-state index in [2.05, 4.69) is 37.2 Å². The molecule has 0 unspecified atom stereocenters. The summed E-state index contributed by atoms with van der Waals surface area (Å²) < 4.78 is 1.86. The molecule has 0 aromatic heterocycles. The van der Waals surface area contributed by atoms with Gasteiger partial charge in [0.15, 0.2) is 0 Å². The lowest BCUT2D eigenvalue weighted by Crippen LogP contribution is -2.18. The Hall–Kier alpha value is -1.24. The van der Waals surface area contributed by atoms with Crippen LogP contribution in [0.2, 0.25) is 0 Å². The quantitative estimate of drug-likeness (QED) is 0.556. The topological polar surface area (TPSA) is 55.2 Å². The van der Waals surface area contributed by atoms with Gasteiger partial charge in [0.25, 0.3) is 5.69 Å². The lowest BCUT2D eigenvalue weighted by Gasteiger charge is -2.14. The largest absolute Gasteiger partial charge is 0.306 e. The molecule has 0 fully saturated rings. The molecule has 110 valence electrons. The van der Waals surface area contributed by atoms with E-state index in [9.17, 15) is 10.1 Å². The predicted molar refractivity (Wildman–Crippen MR) is 90.2 cm³/mol. The molecule has 0 radical (unpaired) electrons. The summed E-state index contributed by atoms with van der Waals surface area (Å²) in [6, 6.07) is 13.1. The van der Waals surface area contributed by atoms with Gasteiger partial charge < -0.3 is 5.32 Å². The molecule has 2 aromatic rings. The van der Waals surface area contributed by atoms with E-state index in [0.717, 1.165) is 14.5 Å². The van der Waals surface area contributed by atoms with E-state index >= 15 is 0 Å². The SMILES string of the molecule is C[C@@H](NCc1cc(Br)ccc1[N+](=O)[O-])c1ccc(Br)cc1. The standard InChI is InChI=1S/C15H14Br2N2O2/c1-10(11-2-4-13(16)5-3-11)18-9-12-8-14(17)6-7-15(12)19(20)21/h2-8,10,18H,9H2,1H3/t10-/m1/s1. The summed E-state index contributed by atoms with van der Waals surface area (Å²) in [5.41, 5.74) is 1.93. The highest BCUT2D eigenvalue weighted by Crippen LogP contribution is 2.24. The number of nitro benzene ring substituents is 1. The van der Waals surface area contributed by atoms with Gasteiger partial charge in [0.1, 0.15) is 0 Å². The van der Waals surface area contributed by atoms with E-state index in [-0.39, 0.29) is 16.7 Å². The Labute approximate surface area is 140 Å². The zero-order valence-corrected chi connectivity index (χ0v) is 14.5. The maximum atomic E-state index is 11.0. The van der Waals surface area contributed by atoms with Crippen LogP contribution in [0.1, 0.15) is 24.1 Å². The molecule has 0 bridgehead atoms. The van der Waals surface area contributed by atoms with E-state index in [1.165, 1.54) is 6.07 Å². The minimum Gasteiger partial charge on any atom is -0.306 e. The second-order valence-electron chi connectivity index (χ2n) is 4.68. The monoisotopic (exact) mass is 412 g/mol. The third-order valence-electron chi connectivity index (χ3n) is 3.21. The number of hydrogen-bond acceptors (Lipinski definition) is 3. The molecule has 21 heavy (non-hydrogen) atoms. The molecule has 0 spiro atoms. The average Bonchev–Trinajstić information content (AvgIpc) is 2.45. The molecule has 0 aliphatic rings. The van der Waals surface area contributed by atoms with Crippen molar-refractivity contribution in [3.63, 3.8) is 0 Å². The van der Waals surface area contributed by atoms with Gasteiger partial charge in [-0.2, -0.15) is 0 Å². The average molecular weight is 414 g/mol. The van der Waals surface area contributed by atoms with E-state index in [4.69, 9.17) is 0 Å². The van der Waals surface area contributed by atoms with Crippen molar-refractivity contribution in [2.24, 2.45) is 0 Å². The Morgan fingerprint density at radius 2 is 1.76 bits per heavy atom. The molecule has 2 aromatic carbocycles. The van der Waals surface area contributed by atoms with E-state index < -0.39 is 0 Å². The fourth-order valence-corrected chi connectivity index (χ4v) is 2.68. The Balaban J connectivity index is 2.10. The van der Waals surface area contributed by atoms with Crippen molar-refractivity contribution in [2.75, 3.05) is 0 Å². The molecule has 0 heterocycles. The van der Waals surface area contributed by atoms with Gasteiger partial charge in [0.2, 0.25) is 0 Å². The first-order chi connectivity index (χ1) is 9.97. The number of halogens is 2. The summed E-state index contributed by atoms with van der Waals surface area (Å²) in [4.78, 5) is 10.7. The fraction of sp³-hybridized carbons (Fsp3) is 0.200. The summed E-state index contributed by atoms with van der Waals surface area (Å²) in [6.45, 7) is 2.47. The first kappa shape index (κ1) is 16.1. The summed E-state index contributed by atoms with van der Waals surface area (Å²) in [6.07, 6.45) is 0. The third-order valence-corrected chi connectivity index (χ3v) is 4.23. The number of nitro groups is 1. The smallest absolute Gasteiger partial charge is 0.273 e. The molecule has 2 rings (SSSR count). The van der Waals surface area contributed by atoms with Gasteiger partial charge in [-0.1, -0.05) is 44.0 Å². The van der Waals surface area contributed by atoms with Crippen molar-refractivity contribution in [3.05, 3.63) is 72.7 Å². The Bertz CT molecular complexity index is 645. The van der Waals surface area contributed by atoms with Crippen LogP contribution in [-0.2, 0) is 6.54 Å². The number of nitrogens with zero attached hydrogens (tertiary/aromatic N) is 1. The number of rotatable bonds is 5. The Kier molecular flexibility index (Phi) is 5.50. The molecule has 1 atom stereocenters. The molecular formula is C15H14Br2N2O2. The van der Waals surface area contributed by atoms with Crippen LogP contribution in [0.5, 0.6) is 0 Å². The third kappa shape index (κ3) is 4.36. The molecule has 0 aliphatic heterocycles. The Morgan fingerprint density at radius 3 is 2.38 bits per heavy atom. The fourth-order valence-electron chi connectivity index (χ4n) is 2.01. The normalized spacial score (nSPS) is 12.1. The van der Waals surface area contributed by atoms with Crippen molar-refractivity contribution >= 4 is 37.5 Å². The maximum absolute atomic E-state index is 11.0. The number of hydrogen-bond donors (Lipinski definition) is 1. The summed E-state index contributed by atoms with van der Waals surface area (Å²) in [7, 11) is 0. The van der Waals surface area contributed by atoms with Crippen molar-refractivity contribution in [3.8, 4) is 0 Å². The zero-order valence-electron chi connectivity index (χ0n) is 11.3. The minimum atomic E-state index is -0.353. The van der Waals surface area contributed by atoms with E-state index in [1.807, 2.05) is 31.2 Å². The first-order valence-corrected chi connectivity index (χ1v) is 7.97. The van der Waals surface area contributed by atoms with Crippen LogP contribution >= 0.6 is 31.9 Å². The Morgan fingerprint density at radius 1 is 1.14 bits per heavy atom. The molecule has 0 amide bonds. The lowest BCUT2D eigenvalue weighted by molar-refractivity contribution is -0.385. The maximum Gasteiger partial charge on any atom is 0.273 e. The van der Waals surface area contributed by atoms with Gasteiger partial charge in [0.05, 0.1) is 4.92 Å². The number of benzene rings is 2. The molecule has 0 aliphatic carbocycles. The molecular weight excluding hydrogens is 400 g/mol. The first-order valence-electron chi connectivity index (χ1n) is 6.39. The summed E-state index contributed by atoms with van der Waals surface area (Å²) >= 11 is 6.75. The highest BCUT2D eigenvalue weighted by Gasteiger charge is 2.14. The van der Waals surface area contributed by atoms with Crippen LogP contribution in [-0.4, -0.2) is 4.92 Å². The van der Waals surface area contributed by atoms with Gasteiger partial charge in [-0.05, 0) is 36.8 Å². The van der Waals surface area contributed by atoms with E-state index in [0.29, 0.717) is 12.1 Å². The van der Waals surface area contributed by atoms with Crippen LogP contribution in [0.15, 0.2) is 51.4 Å². The zero-order chi connectivity index (χ0) is 15.4. The number of nitrogens with one attached hydrogen (secondary N) is 1. The van der Waals surface area contributed by atoms with E-state index in [1.54, 1.807) is 12.1 Å². The second kappa shape index (κ2) is 7.15. The van der Waals surface area contributed by atoms with Gasteiger partial charge in [-0.25, -0.2) is 0 Å². The van der Waals surface area contributed by atoms with Crippen molar-refractivity contribution in [1.82, 2.24) is 5.32 Å². The molecule has 1 N–H and O–H groups in total. The van der Waals surface area contributed by atoms with Crippen molar-refractivity contribution < 1.29 is 4.92 Å². The predicted octanol–water partition coefficient (Wildman–Crippen LogP) is 4.97. The van der Waals surface area contributed by atoms with Crippen LogP contribution in [0.3, 0.4) is 0 Å². The summed E-state index contributed by atoms with van der Waals surface area (Å²) in [5.74, 6) is 0. The molecule has 6 heteroatoms. The highest BCUT2D eigenvalue weighted by atomic mass is 79.9. The van der Waals surface area contributed by atoms with Crippen molar-refractivity contribution in [2.45, 2.75) is 19.5 Å². The van der Waals surface area contributed by atoms with Crippen LogP contribution in [0.25, 0.3) is 0 Å². The van der Waals surface area contributed by atoms with Crippen LogP contribution in [0.4, 0.5) is 5.69 Å². The van der Waals surface area contributed by atoms with Crippen molar-refractivity contribution in [1.29, 1.82) is 0 Å². The molecule has 0 saturated carbocycles. The van der Waals surface area contributed by atoms with Gasteiger partial charge in [0, 0.05) is 33.2 Å². The molecule has 4 nitrogen and oxygen atoms in total. The highest BCUT2D eigenvalue weighted by molar-refractivity contribution is 9.10. The molecule has 0 saturated heterocycles. The van der Waals surface area contributed by atoms with Gasteiger partial charge >= 0.3 is 0 Å².